The molecule has 1 rings (SSSR count). The van der Waals surface area contributed by atoms with E-state index in [9.17, 15) is 9.90 Å². The van der Waals surface area contributed by atoms with Gasteiger partial charge in [-0.1, -0.05) is 13.8 Å². The van der Waals surface area contributed by atoms with Gasteiger partial charge in [0.2, 0.25) is 5.91 Å². The quantitative estimate of drug-likeness (QED) is 0.514. The maximum Gasteiger partial charge on any atom is 0.285 e. The first kappa shape index (κ1) is 11.5. The molecule has 0 heterocycles. The summed E-state index contributed by atoms with van der Waals surface area (Å²) < 4.78 is 0. The summed E-state index contributed by atoms with van der Waals surface area (Å²) in [7, 11) is 1.67. The molecule has 0 bridgehead atoms. The Kier molecular flexibility index (Phi) is 2.88. The zero-order chi connectivity index (χ0) is 11.1. The summed E-state index contributed by atoms with van der Waals surface area (Å²) in [4.78, 5) is 12.8. The van der Waals surface area contributed by atoms with Crippen LogP contribution < -0.4 is 0 Å². The Hall–Kier alpha value is -0.610. The molecule has 4 heteroatoms. The summed E-state index contributed by atoms with van der Waals surface area (Å²) in [5.41, 5.74) is -0.625. The largest absolute Gasteiger partial charge is 0.420 e. The number of carbonyl (C=O) groups excluding carboxylic acids is 1. The van der Waals surface area contributed by atoms with Crippen LogP contribution in [0.3, 0.4) is 0 Å². The van der Waals surface area contributed by atoms with Crippen LogP contribution in [0.4, 0.5) is 0 Å². The first-order valence-corrected chi connectivity index (χ1v) is 4.97. The maximum atomic E-state index is 11.2. The summed E-state index contributed by atoms with van der Waals surface area (Å²) in [5, 5.41) is 16.9. The Labute approximate surface area is 84.5 Å². The van der Waals surface area contributed by atoms with Gasteiger partial charge < -0.3 is 15.1 Å². The fourth-order valence-electron chi connectivity index (χ4n) is 2.28. The number of likely N-dealkylation sites (N-methyl/N-ethyl adjacent to an activating group) is 1. The molecule has 1 aliphatic carbocycles. The standard InChI is InChI=1S/C10H19NO3/c1-6(2)8-5-10(8,9(13)14)11(4)7(3)12/h6,8-9,13-14H,5H2,1-4H3/p+1/t8-,10?/m0/s1. The van der Waals surface area contributed by atoms with Crippen LogP contribution in [0.1, 0.15) is 27.2 Å². The lowest BCUT2D eigenvalue weighted by molar-refractivity contribution is -0.149. The van der Waals surface area contributed by atoms with Crippen molar-refractivity contribution in [3.05, 3.63) is 0 Å². The minimum absolute atomic E-state index is 0.0838. The van der Waals surface area contributed by atoms with E-state index in [-0.39, 0.29) is 11.8 Å². The molecular formula is C10H20NO3+. The van der Waals surface area contributed by atoms with Crippen molar-refractivity contribution < 1.29 is 15.0 Å². The molecule has 14 heavy (non-hydrogen) atoms. The number of hydrogen-bond acceptors (Lipinski definition) is 2. The molecular weight excluding hydrogens is 182 g/mol. The second kappa shape index (κ2) is 3.51. The van der Waals surface area contributed by atoms with Gasteiger partial charge in [-0.3, -0.25) is 4.79 Å². The lowest BCUT2D eigenvalue weighted by atomic mass is 10.0. The van der Waals surface area contributed by atoms with Crippen molar-refractivity contribution in [3.63, 3.8) is 0 Å². The van der Waals surface area contributed by atoms with Crippen molar-refractivity contribution in [1.29, 1.82) is 0 Å². The van der Waals surface area contributed by atoms with Crippen molar-refractivity contribution in [3.8, 4) is 0 Å². The van der Waals surface area contributed by atoms with Crippen molar-refractivity contribution >= 4 is 5.91 Å². The number of nitrogens with zero attached hydrogens (tertiary/aromatic N) is 1. The molecule has 0 spiro atoms. The van der Waals surface area contributed by atoms with Crippen LogP contribution in [0.2, 0.25) is 0 Å². The van der Waals surface area contributed by atoms with Crippen molar-refractivity contribution in [2.75, 3.05) is 7.05 Å². The number of hydrogen-bond donors (Lipinski definition) is 1. The third-order valence-corrected chi connectivity index (χ3v) is 3.40. The second-order valence-electron chi connectivity index (χ2n) is 4.53. The highest BCUT2D eigenvalue weighted by atomic mass is 16.5. The van der Waals surface area contributed by atoms with Crippen LogP contribution in [0, 0.1) is 11.8 Å². The van der Waals surface area contributed by atoms with Gasteiger partial charge >= 0.3 is 0 Å². The summed E-state index contributed by atoms with van der Waals surface area (Å²) in [6.07, 6.45) is -0.449. The lowest BCUT2D eigenvalue weighted by Gasteiger charge is -2.28. The van der Waals surface area contributed by atoms with E-state index in [0.29, 0.717) is 5.92 Å². The van der Waals surface area contributed by atoms with E-state index in [1.807, 2.05) is 0 Å². The van der Waals surface area contributed by atoms with Gasteiger partial charge in [-0.2, -0.15) is 0 Å². The molecule has 0 aromatic carbocycles. The molecule has 0 aliphatic heterocycles. The molecule has 0 aromatic rings. The Bertz CT molecular complexity index is 240. The summed E-state index contributed by atoms with van der Waals surface area (Å²) in [5.74, 6) is 0.570. The van der Waals surface area contributed by atoms with Gasteiger partial charge in [0, 0.05) is 14.0 Å². The molecule has 1 unspecified atom stereocenters. The van der Waals surface area contributed by atoms with Crippen LogP contribution in [0.5, 0.6) is 0 Å². The minimum Gasteiger partial charge on any atom is -0.420 e. The Balaban J connectivity index is 2.83. The fourth-order valence-corrected chi connectivity index (χ4v) is 2.28. The molecule has 0 aromatic heterocycles. The molecule has 0 saturated heterocycles. The number of rotatable bonds is 3. The molecule has 1 aliphatic rings. The molecule has 3 N–H and O–H groups in total. The summed E-state index contributed by atoms with van der Waals surface area (Å²) >= 11 is 0. The molecule has 1 fully saturated rings. The van der Waals surface area contributed by atoms with Crippen LogP contribution in [0.25, 0.3) is 0 Å². The van der Waals surface area contributed by atoms with Gasteiger partial charge in [0.1, 0.15) is 5.54 Å². The van der Waals surface area contributed by atoms with E-state index in [1.165, 1.54) is 11.8 Å². The number of carbonyl (C=O) groups is 1. The van der Waals surface area contributed by atoms with Gasteiger partial charge in [0.25, 0.3) is 6.29 Å². The average molecular weight is 202 g/mol. The van der Waals surface area contributed by atoms with Crippen molar-refractivity contribution in [2.24, 2.45) is 11.8 Å². The monoisotopic (exact) mass is 202 g/mol. The number of aliphatic hydroxyl groups is 1. The third kappa shape index (κ3) is 1.53. The van der Waals surface area contributed by atoms with E-state index in [0.717, 1.165) is 6.42 Å². The van der Waals surface area contributed by atoms with E-state index in [1.54, 1.807) is 7.05 Å². The van der Waals surface area contributed by atoms with Crippen molar-refractivity contribution in [2.45, 2.75) is 39.0 Å². The fraction of sp³-hybridized carbons (Fsp3) is 0.900. The van der Waals surface area contributed by atoms with E-state index in [4.69, 9.17) is 5.11 Å². The van der Waals surface area contributed by atoms with Gasteiger partial charge in [0.05, 0.1) is 0 Å². The summed E-state index contributed by atoms with van der Waals surface area (Å²) in [6.45, 7) is 5.59. The zero-order valence-electron chi connectivity index (χ0n) is 9.24. The second-order valence-corrected chi connectivity index (χ2v) is 4.53. The first-order valence-electron chi connectivity index (χ1n) is 4.97. The lowest BCUT2D eigenvalue weighted by Crippen LogP contribution is -2.48. The molecule has 3 atom stereocenters. The number of amides is 1. The molecule has 82 valence electrons. The third-order valence-electron chi connectivity index (χ3n) is 3.40. The Morgan fingerprint density at radius 2 is 2.14 bits per heavy atom. The highest BCUT2D eigenvalue weighted by molar-refractivity contribution is 5.74. The van der Waals surface area contributed by atoms with Crippen LogP contribution >= 0.6 is 0 Å². The predicted molar refractivity (Wildman–Crippen MR) is 53.7 cm³/mol. The highest BCUT2D eigenvalue weighted by Crippen LogP contribution is 2.53. The van der Waals surface area contributed by atoms with Crippen molar-refractivity contribution in [1.82, 2.24) is 4.90 Å². The van der Waals surface area contributed by atoms with Crippen LogP contribution in [0.15, 0.2) is 0 Å². The SMILES string of the molecule is CC(=O)N(C)C1([C@H](O)[OH2+])C[C@H]1C(C)C. The number of aliphatic hydroxyl groups excluding tert-OH is 1. The average Bonchev–Trinajstić information content (AvgIpc) is 2.78. The predicted octanol–water partition coefficient (Wildman–Crippen LogP) is -0.0776. The molecule has 0 radical (unpaired) electrons. The van der Waals surface area contributed by atoms with Gasteiger partial charge in [0.15, 0.2) is 0 Å². The first-order chi connectivity index (χ1) is 6.34. The smallest absolute Gasteiger partial charge is 0.285 e. The zero-order valence-corrected chi connectivity index (χ0v) is 9.24. The minimum atomic E-state index is -1.19. The maximum absolute atomic E-state index is 11.2. The van der Waals surface area contributed by atoms with Gasteiger partial charge in [-0.25, -0.2) is 0 Å². The molecule has 4 nitrogen and oxygen atoms in total. The Morgan fingerprint density at radius 3 is 2.36 bits per heavy atom. The normalized spacial score (nSPS) is 32.9. The summed E-state index contributed by atoms with van der Waals surface area (Å²) in [6, 6.07) is 0. The Morgan fingerprint density at radius 1 is 1.64 bits per heavy atom. The molecule has 1 amide bonds. The van der Waals surface area contributed by atoms with E-state index in [2.05, 4.69) is 13.8 Å². The van der Waals surface area contributed by atoms with E-state index < -0.39 is 11.8 Å². The van der Waals surface area contributed by atoms with Gasteiger partial charge in [-0.05, 0) is 18.3 Å². The molecule has 1 saturated carbocycles. The van der Waals surface area contributed by atoms with Crippen LogP contribution in [-0.4, -0.2) is 39.9 Å². The van der Waals surface area contributed by atoms with Crippen LogP contribution in [-0.2, 0) is 4.79 Å². The van der Waals surface area contributed by atoms with Gasteiger partial charge in [-0.15, -0.1) is 0 Å². The van der Waals surface area contributed by atoms with E-state index >= 15 is 0 Å². The highest BCUT2D eigenvalue weighted by Gasteiger charge is 2.66. The topological polar surface area (TPSA) is 63.4 Å².